The summed E-state index contributed by atoms with van der Waals surface area (Å²) in [4.78, 5) is 12.1. The Hall–Kier alpha value is -0.860. The maximum absolute atomic E-state index is 12.1. The molecule has 0 saturated carbocycles. The number of Topliss-reactive ketones (excluding diaryl/α,β-unsaturated/α-hetero) is 1. The van der Waals surface area contributed by atoms with Crippen molar-refractivity contribution in [2.24, 2.45) is 5.92 Å². The van der Waals surface area contributed by atoms with Gasteiger partial charge in [0.15, 0.2) is 0 Å². The van der Waals surface area contributed by atoms with E-state index in [-0.39, 0.29) is 6.04 Å². The third-order valence-corrected chi connectivity index (χ3v) is 3.48. The lowest BCUT2D eigenvalue weighted by molar-refractivity contribution is -0.122. The first-order valence-corrected chi connectivity index (χ1v) is 7.43. The minimum Gasteiger partial charge on any atom is -0.303 e. The lowest BCUT2D eigenvalue weighted by Crippen LogP contribution is -2.40. The predicted molar refractivity (Wildman–Crippen MR) is 81.4 cm³/mol. The topological polar surface area (TPSA) is 29.1 Å². The summed E-state index contributed by atoms with van der Waals surface area (Å²) in [5.74, 6) is 0.641. The van der Waals surface area contributed by atoms with Crippen molar-refractivity contribution in [3.8, 4) is 0 Å². The molecule has 0 saturated heterocycles. The van der Waals surface area contributed by atoms with Crippen LogP contribution in [0.15, 0.2) is 24.3 Å². The van der Waals surface area contributed by atoms with E-state index in [0.717, 1.165) is 23.4 Å². The van der Waals surface area contributed by atoms with Crippen molar-refractivity contribution >= 4 is 17.4 Å². The van der Waals surface area contributed by atoms with E-state index >= 15 is 0 Å². The van der Waals surface area contributed by atoms with Crippen molar-refractivity contribution in [2.75, 3.05) is 0 Å². The Morgan fingerprint density at radius 1 is 1.26 bits per heavy atom. The summed E-state index contributed by atoms with van der Waals surface area (Å²) in [6.07, 6.45) is 2.71. The minimum atomic E-state index is -0.0535. The van der Waals surface area contributed by atoms with Crippen LogP contribution in [0.3, 0.4) is 0 Å². The van der Waals surface area contributed by atoms with Gasteiger partial charge in [0, 0.05) is 18.0 Å². The van der Waals surface area contributed by atoms with Crippen LogP contribution in [-0.4, -0.2) is 11.8 Å². The van der Waals surface area contributed by atoms with Crippen LogP contribution in [0.2, 0.25) is 5.02 Å². The molecule has 0 radical (unpaired) electrons. The molecule has 0 unspecified atom stereocenters. The molecule has 3 heteroatoms. The van der Waals surface area contributed by atoms with Gasteiger partial charge in [-0.25, -0.2) is 0 Å². The van der Waals surface area contributed by atoms with Gasteiger partial charge in [0.2, 0.25) is 0 Å². The molecule has 0 fully saturated rings. The molecular formula is C16H24ClNO. The van der Waals surface area contributed by atoms with E-state index in [1.807, 2.05) is 24.3 Å². The Morgan fingerprint density at radius 3 is 2.42 bits per heavy atom. The highest BCUT2D eigenvalue weighted by molar-refractivity contribution is 6.30. The molecule has 0 aromatic heterocycles. The van der Waals surface area contributed by atoms with E-state index in [2.05, 4.69) is 26.1 Å². The van der Waals surface area contributed by atoms with Gasteiger partial charge >= 0.3 is 0 Å². The molecule has 0 heterocycles. The van der Waals surface area contributed by atoms with Crippen molar-refractivity contribution in [3.63, 3.8) is 0 Å². The van der Waals surface area contributed by atoms with E-state index in [4.69, 9.17) is 11.6 Å². The zero-order valence-corrected chi connectivity index (χ0v) is 12.8. The lowest BCUT2D eigenvalue weighted by Gasteiger charge is -2.21. The maximum Gasteiger partial charge on any atom is 0.150 e. The molecule has 1 atom stereocenters. The summed E-state index contributed by atoms with van der Waals surface area (Å²) in [5.41, 5.74) is 1.15. The van der Waals surface area contributed by atoms with Crippen LogP contribution in [0.25, 0.3) is 0 Å². The van der Waals surface area contributed by atoms with Gasteiger partial charge in [0.05, 0.1) is 6.04 Å². The maximum atomic E-state index is 12.1. The molecule has 19 heavy (non-hydrogen) atoms. The normalized spacial score (nSPS) is 12.7. The Bertz CT molecular complexity index is 386. The van der Waals surface area contributed by atoms with Crippen LogP contribution in [0.5, 0.6) is 0 Å². The Labute approximate surface area is 121 Å². The van der Waals surface area contributed by atoms with Crippen LogP contribution in [0, 0.1) is 5.92 Å². The summed E-state index contributed by atoms with van der Waals surface area (Å²) in [5, 5.41) is 4.11. The number of halogens is 1. The zero-order chi connectivity index (χ0) is 14.3. The quantitative estimate of drug-likeness (QED) is 0.773. The number of nitrogens with one attached hydrogen (secondary N) is 1. The van der Waals surface area contributed by atoms with Gasteiger partial charge in [-0.2, -0.15) is 0 Å². The van der Waals surface area contributed by atoms with Crippen LogP contribution in [0.4, 0.5) is 0 Å². The second-order valence-corrected chi connectivity index (χ2v) is 5.74. The van der Waals surface area contributed by atoms with Gasteiger partial charge in [0.1, 0.15) is 5.78 Å². The van der Waals surface area contributed by atoms with E-state index in [9.17, 15) is 4.79 Å². The molecule has 0 aliphatic carbocycles. The SMILES string of the molecule is CCCCC(=O)[C@@H](NCc1ccc(Cl)cc1)C(C)C. The monoisotopic (exact) mass is 281 g/mol. The van der Waals surface area contributed by atoms with E-state index in [0.29, 0.717) is 24.7 Å². The van der Waals surface area contributed by atoms with Gasteiger partial charge in [-0.15, -0.1) is 0 Å². The number of benzene rings is 1. The highest BCUT2D eigenvalue weighted by atomic mass is 35.5. The fraction of sp³-hybridized carbons (Fsp3) is 0.562. The predicted octanol–water partition coefficient (Wildman–Crippen LogP) is 4.21. The third-order valence-electron chi connectivity index (χ3n) is 3.23. The lowest BCUT2D eigenvalue weighted by atomic mass is 9.96. The molecule has 1 rings (SSSR count). The summed E-state index contributed by atoms with van der Waals surface area (Å²) < 4.78 is 0. The highest BCUT2D eigenvalue weighted by Gasteiger charge is 2.20. The fourth-order valence-corrected chi connectivity index (χ4v) is 2.18. The molecule has 1 aromatic rings. The average molecular weight is 282 g/mol. The van der Waals surface area contributed by atoms with Gasteiger partial charge in [-0.1, -0.05) is 50.9 Å². The number of hydrogen-bond acceptors (Lipinski definition) is 2. The second-order valence-electron chi connectivity index (χ2n) is 5.30. The van der Waals surface area contributed by atoms with Crippen LogP contribution < -0.4 is 5.32 Å². The van der Waals surface area contributed by atoms with Gasteiger partial charge < -0.3 is 5.32 Å². The second kappa shape index (κ2) is 8.34. The molecule has 0 amide bonds. The molecular weight excluding hydrogens is 258 g/mol. The summed E-state index contributed by atoms with van der Waals surface area (Å²) in [6, 6.07) is 7.68. The first kappa shape index (κ1) is 16.2. The summed E-state index contributed by atoms with van der Waals surface area (Å²) in [7, 11) is 0. The van der Waals surface area contributed by atoms with E-state index < -0.39 is 0 Å². The van der Waals surface area contributed by atoms with Gasteiger partial charge in [0.25, 0.3) is 0 Å². The highest BCUT2D eigenvalue weighted by Crippen LogP contribution is 2.12. The average Bonchev–Trinajstić information content (AvgIpc) is 2.38. The van der Waals surface area contributed by atoms with Crippen molar-refractivity contribution in [3.05, 3.63) is 34.9 Å². The molecule has 2 nitrogen and oxygen atoms in total. The van der Waals surface area contributed by atoms with Crippen molar-refractivity contribution in [1.82, 2.24) is 5.32 Å². The Morgan fingerprint density at radius 2 is 1.89 bits per heavy atom. The number of rotatable bonds is 8. The number of unbranched alkanes of at least 4 members (excludes halogenated alkanes) is 1. The third kappa shape index (κ3) is 5.75. The first-order valence-electron chi connectivity index (χ1n) is 7.05. The summed E-state index contributed by atoms with van der Waals surface area (Å²) in [6.45, 7) is 6.99. The van der Waals surface area contributed by atoms with Crippen LogP contribution in [-0.2, 0) is 11.3 Å². The smallest absolute Gasteiger partial charge is 0.150 e. The molecule has 0 aliphatic rings. The van der Waals surface area contributed by atoms with Crippen LogP contribution in [0.1, 0.15) is 45.6 Å². The number of carbonyl (C=O) groups excluding carboxylic acids is 1. The zero-order valence-electron chi connectivity index (χ0n) is 12.1. The molecule has 0 bridgehead atoms. The Balaban J connectivity index is 2.54. The number of hydrogen-bond donors (Lipinski definition) is 1. The van der Waals surface area contributed by atoms with Crippen LogP contribution >= 0.6 is 11.6 Å². The summed E-state index contributed by atoms with van der Waals surface area (Å²) >= 11 is 5.86. The van der Waals surface area contributed by atoms with E-state index in [1.165, 1.54) is 0 Å². The van der Waals surface area contributed by atoms with Gasteiger partial charge in [-0.3, -0.25) is 4.79 Å². The standard InChI is InChI=1S/C16H24ClNO/c1-4-5-6-15(19)16(12(2)3)18-11-13-7-9-14(17)10-8-13/h7-10,12,16,18H,4-6,11H2,1-3H3/t16-/m0/s1. The molecule has 0 aliphatic heterocycles. The van der Waals surface area contributed by atoms with E-state index in [1.54, 1.807) is 0 Å². The molecule has 106 valence electrons. The number of ketones is 1. The minimum absolute atomic E-state index is 0.0535. The molecule has 1 N–H and O–H groups in total. The van der Waals surface area contributed by atoms with Gasteiger partial charge in [-0.05, 0) is 30.0 Å². The largest absolute Gasteiger partial charge is 0.303 e. The number of carbonyl (C=O) groups is 1. The Kier molecular flexibility index (Phi) is 7.11. The molecule has 1 aromatic carbocycles. The van der Waals surface area contributed by atoms with Crippen molar-refractivity contribution in [2.45, 2.75) is 52.6 Å². The molecule has 0 spiro atoms. The fourth-order valence-electron chi connectivity index (χ4n) is 2.06. The van der Waals surface area contributed by atoms with Crippen molar-refractivity contribution in [1.29, 1.82) is 0 Å². The van der Waals surface area contributed by atoms with Crippen molar-refractivity contribution < 1.29 is 4.79 Å². The first-order chi connectivity index (χ1) is 9.04.